The molecule has 21 heavy (non-hydrogen) atoms. The van der Waals surface area contributed by atoms with Gasteiger partial charge in [0.15, 0.2) is 5.82 Å². The van der Waals surface area contributed by atoms with Crippen LogP contribution in [0.25, 0.3) is 0 Å². The second-order valence-electron chi connectivity index (χ2n) is 4.89. The third-order valence-corrected chi connectivity index (χ3v) is 2.99. The second-order valence-corrected chi connectivity index (χ2v) is 4.89. The van der Waals surface area contributed by atoms with Crippen LogP contribution >= 0.6 is 0 Å². The Morgan fingerprint density at radius 2 is 2.05 bits per heavy atom. The number of carbonyl (C=O) groups is 1. The summed E-state index contributed by atoms with van der Waals surface area (Å²) >= 11 is 0. The maximum Gasteiger partial charge on any atom is 0.311 e. The first-order valence-corrected chi connectivity index (χ1v) is 6.78. The number of carbonyl (C=O) groups excluding carboxylic acids is 1. The molecule has 0 atom stereocenters. The Labute approximate surface area is 124 Å². The van der Waals surface area contributed by atoms with Gasteiger partial charge in [0.05, 0.1) is 25.8 Å². The van der Waals surface area contributed by atoms with Crippen LogP contribution in [0.5, 0.6) is 0 Å². The summed E-state index contributed by atoms with van der Waals surface area (Å²) < 4.78 is 6.49. The topological polar surface area (TPSA) is 56.5 Å². The molecule has 0 aliphatic rings. The van der Waals surface area contributed by atoms with Gasteiger partial charge in [0.1, 0.15) is 0 Å². The Kier molecular flexibility index (Phi) is 4.87. The van der Waals surface area contributed by atoms with Gasteiger partial charge in [-0.2, -0.15) is 5.10 Å². The first-order valence-electron chi connectivity index (χ1n) is 6.78. The number of rotatable bonds is 5. The number of aliphatic imine (C=N–C) groups is 1. The van der Waals surface area contributed by atoms with E-state index in [4.69, 9.17) is 0 Å². The molecule has 5 nitrogen and oxygen atoms in total. The minimum Gasteiger partial charge on any atom is -0.469 e. The normalized spacial score (nSPS) is 11.5. The van der Waals surface area contributed by atoms with Gasteiger partial charge in [-0.3, -0.25) is 4.79 Å². The Morgan fingerprint density at radius 3 is 2.71 bits per heavy atom. The molecule has 110 valence electrons. The fraction of sp³-hybridized carbons (Fsp3) is 0.312. The number of methoxy groups -OCH3 is 1. The Bertz CT molecular complexity index is 645. The van der Waals surface area contributed by atoms with Crippen molar-refractivity contribution in [2.75, 3.05) is 7.11 Å². The molecule has 0 saturated heterocycles. The van der Waals surface area contributed by atoms with Crippen LogP contribution in [0.15, 0.2) is 41.4 Å². The summed E-state index contributed by atoms with van der Waals surface area (Å²) in [6.45, 7) is 4.39. The number of hydrogen-bond donors (Lipinski definition) is 0. The van der Waals surface area contributed by atoms with Gasteiger partial charge in [0.25, 0.3) is 0 Å². The first-order chi connectivity index (χ1) is 10.1. The van der Waals surface area contributed by atoms with Crippen LogP contribution in [-0.2, 0) is 16.1 Å². The van der Waals surface area contributed by atoms with E-state index in [0.29, 0.717) is 12.3 Å². The van der Waals surface area contributed by atoms with Crippen LogP contribution in [0.1, 0.15) is 24.6 Å². The molecule has 0 bridgehead atoms. The van der Waals surface area contributed by atoms with Crippen LogP contribution in [0.3, 0.4) is 0 Å². The van der Waals surface area contributed by atoms with Crippen molar-refractivity contribution in [3.63, 3.8) is 0 Å². The summed E-state index contributed by atoms with van der Waals surface area (Å²) in [5.74, 6) is 0.458. The third-order valence-electron chi connectivity index (χ3n) is 2.99. The van der Waals surface area contributed by atoms with Crippen LogP contribution in [0.2, 0.25) is 0 Å². The van der Waals surface area contributed by atoms with E-state index in [0.717, 1.165) is 17.1 Å². The molecule has 0 saturated carbocycles. The van der Waals surface area contributed by atoms with Gasteiger partial charge in [-0.25, -0.2) is 9.67 Å². The van der Waals surface area contributed by atoms with Crippen molar-refractivity contribution in [2.45, 2.75) is 26.8 Å². The highest BCUT2D eigenvalue weighted by molar-refractivity contribution is 5.98. The molecule has 2 aromatic rings. The van der Waals surface area contributed by atoms with Crippen LogP contribution < -0.4 is 0 Å². The number of hydrogen-bond acceptors (Lipinski definition) is 4. The molecule has 0 amide bonds. The molecule has 5 heteroatoms. The van der Waals surface area contributed by atoms with E-state index in [2.05, 4.69) is 14.8 Å². The predicted molar refractivity (Wildman–Crippen MR) is 81.9 cm³/mol. The Hall–Kier alpha value is -2.43. The maximum atomic E-state index is 11.3. The first kappa shape index (κ1) is 15.0. The molecule has 2 rings (SSSR count). The maximum absolute atomic E-state index is 11.3. The highest BCUT2D eigenvalue weighted by Crippen LogP contribution is 2.17. The zero-order valence-electron chi connectivity index (χ0n) is 12.5. The molecule has 0 radical (unpaired) electrons. The zero-order valence-corrected chi connectivity index (χ0v) is 12.5. The number of nitrogens with zero attached hydrogens (tertiary/aromatic N) is 3. The van der Waals surface area contributed by atoms with E-state index in [9.17, 15) is 4.79 Å². The van der Waals surface area contributed by atoms with Crippen molar-refractivity contribution in [1.82, 2.24) is 9.78 Å². The number of esters is 1. The van der Waals surface area contributed by atoms with Crippen molar-refractivity contribution >= 4 is 17.5 Å². The van der Waals surface area contributed by atoms with Crippen molar-refractivity contribution in [2.24, 2.45) is 4.99 Å². The lowest BCUT2D eigenvalue weighted by Crippen LogP contribution is -2.07. The number of aromatic nitrogens is 2. The minimum absolute atomic E-state index is 0.187. The lowest BCUT2D eigenvalue weighted by molar-refractivity contribution is -0.139. The molecular formula is C16H19N3O2. The average Bonchev–Trinajstić information content (AvgIpc) is 2.79. The van der Waals surface area contributed by atoms with Gasteiger partial charge in [0.2, 0.25) is 0 Å². The van der Waals surface area contributed by atoms with Gasteiger partial charge < -0.3 is 4.74 Å². The standard InChI is InChI=1S/C16H19N3O2/c1-12(10-16(20)21-3)17-15-9-13(2)18-19(15)11-14-7-5-4-6-8-14/h4-9H,10-11H2,1-3H3/b17-12+. The smallest absolute Gasteiger partial charge is 0.311 e. The summed E-state index contributed by atoms with van der Waals surface area (Å²) in [5, 5.41) is 4.45. The van der Waals surface area contributed by atoms with E-state index in [-0.39, 0.29) is 12.4 Å². The summed E-state index contributed by atoms with van der Waals surface area (Å²) in [6.07, 6.45) is 0.187. The molecule has 1 heterocycles. The quantitative estimate of drug-likeness (QED) is 0.627. The van der Waals surface area contributed by atoms with Gasteiger partial charge in [-0.1, -0.05) is 30.3 Å². The Balaban J connectivity index is 2.20. The molecule has 0 spiro atoms. The molecule has 0 aliphatic carbocycles. The lowest BCUT2D eigenvalue weighted by Gasteiger charge is -2.05. The fourth-order valence-electron chi connectivity index (χ4n) is 2.01. The van der Waals surface area contributed by atoms with Gasteiger partial charge >= 0.3 is 5.97 Å². The van der Waals surface area contributed by atoms with E-state index in [1.807, 2.05) is 54.9 Å². The third kappa shape index (κ3) is 4.27. The summed E-state index contributed by atoms with van der Waals surface area (Å²) in [5.41, 5.74) is 2.76. The van der Waals surface area contributed by atoms with E-state index < -0.39 is 0 Å². The number of aryl methyl sites for hydroxylation is 1. The van der Waals surface area contributed by atoms with Crippen LogP contribution in [0, 0.1) is 6.92 Å². The van der Waals surface area contributed by atoms with Crippen molar-refractivity contribution in [3.8, 4) is 0 Å². The van der Waals surface area contributed by atoms with Crippen LogP contribution in [-0.4, -0.2) is 28.6 Å². The zero-order chi connectivity index (χ0) is 15.2. The van der Waals surface area contributed by atoms with E-state index >= 15 is 0 Å². The number of ether oxygens (including phenoxy) is 1. The number of benzene rings is 1. The van der Waals surface area contributed by atoms with Gasteiger partial charge in [-0.05, 0) is 19.4 Å². The highest BCUT2D eigenvalue weighted by atomic mass is 16.5. The van der Waals surface area contributed by atoms with Crippen LogP contribution in [0.4, 0.5) is 5.82 Å². The monoisotopic (exact) mass is 285 g/mol. The van der Waals surface area contributed by atoms with Gasteiger partial charge in [-0.15, -0.1) is 0 Å². The highest BCUT2D eigenvalue weighted by Gasteiger charge is 2.08. The van der Waals surface area contributed by atoms with Gasteiger partial charge in [0, 0.05) is 11.8 Å². The van der Waals surface area contributed by atoms with Crippen molar-refractivity contribution < 1.29 is 9.53 Å². The molecule has 0 aliphatic heterocycles. The largest absolute Gasteiger partial charge is 0.469 e. The summed E-state index contributed by atoms with van der Waals surface area (Å²) in [6, 6.07) is 12.0. The molecule has 0 unspecified atom stereocenters. The predicted octanol–water partition coefficient (Wildman–Crippen LogP) is 2.90. The van der Waals surface area contributed by atoms with E-state index in [1.165, 1.54) is 7.11 Å². The molecule has 1 aromatic carbocycles. The molecule has 0 fully saturated rings. The second kappa shape index (κ2) is 6.83. The van der Waals surface area contributed by atoms with E-state index in [1.54, 1.807) is 0 Å². The molecular weight excluding hydrogens is 266 g/mol. The molecule has 0 N–H and O–H groups in total. The average molecular weight is 285 g/mol. The van der Waals surface area contributed by atoms with Crippen molar-refractivity contribution in [3.05, 3.63) is 47.7 Å². The lowest BCUT2D eigenvalue weighted by atomic mass is 10.2. The SMILES string of the molecule is COC(=O)C/C(C)=N/c1cc(C)nn1Cc1ccccc1. The minimum atomic E-state index is -0.290. The Morgan fingerprint density at radius 1 is 1.33 bits per heavy atom. The fourth-order valence-corrected chi connectivity index (χ4v) is 2.01. The molecule has 1 aromatic heterocycles. The van der Waals surface area contributed by atoms with Crippen molar-refractivity contribution in [1.29, 1.82) is 0 Å². The summed E-state index contributed by atoms with van der Waals surface area (Å²) in [4.78, 5) is 15.7. The summed E-state index contributed by atoms with van der Waals surface area (Å²) in [7, 11) is 1.37.